The molecule has 4 heteroatoms. The predicted octanol–water partition coefficient (Wildman–Crippen LogP) is 11.6. The van der Waals surface area contributed by atoms with E-state index in [1.165, 1.54) is 27.8 Å². The minimum Gasteiger partial charge on any atom is -0.258 e. The standard InChI is InChI=1S/C46H34N4/c1-31-25-30-38(32(2)47-31)41-21-12-13-22-42(41)46-49-44(36-19-10-5-11-20-36)48-45(50-46)37-28-26-35(27-29-37)43-39(33-15-6-3-7-16-33)23-14-24-40(43)34-17-8-4-9-18-34/h3-30H,1-2H3. The lowest BCUT2D eigenvalue weighted by Gasteiger charge is -2.17. The molecule has 0 amide bonds. The average molecular weight is 643 g/mol. The van der Waals surface area contributed by atoms with E-state index >= 15 is 0 Å². The van der Waals surface area contributed by atoms with E-state index < -0.39 is 0 Å². The van der Waals surface area contributed by atoms with E-state index in [4.69, 9.17) is 19.9 Å². The third-order valence-corrected chi connectivity index (χ3v) is 9.02. The van der Waals surface area contributed by atoms with Gasteiger partial charge in [0.05, 0.1) is 0 Å². The van der Waals surface area contributed by atoms with Crippen LogP contribution in [0.1, 0.15) is 11.4 Å². The Balaban J connectivity index is 1.28. The van der Waals surface area contributed by atoms with Gasteiger partial charge >= 0.3 is 0 Å². The van der Waals surface area contributed by atoms with Gasteiger partial charge in [0, 0.05) is 33.6 Å². The molecule has 8 aromatic rings. The smallest absolute Gasteiger partial charge is 0.164 e. The van der Waals surface area contributed by atoms with Crippen LogP contribution >= 0.6 is 0 Å². The predicted molar refractivity (Wildman–Crippen MR) is 205 cm³/mol. The molecule has 238 valence electrons. The Hall–Kier alpha value is -6.52. The number of aryl methyl sites for hydroxylation is 2. The maximum Gasteiger partial charge on any atom is 0.164 e. The summed E-state index contributed by atoms with van der Waals surface area (Å²) in [7, 11) is 0. The van der Waals surface area contributed by atoms with Crippen LogP contribution in [0.25, 0.3) is 78.7 Å². The van der Waals surface area contributed by atoms with Crippen molar-refractivity contribution in [1.29, 1.82) is 0 Å². The van der Waals surface area contributed by atoms with Crippen molar-refractivity contribution in [2.24, 2.45) is 0 Å². The van der Waals surface area contributed by atoms with E-state index in [-0.39, 0.29) is 0 Å². The van der Waals surface area contributed by atoms with Crippen LogP contribution in [0.5, 0.6) is 0 Å². The quantitative estimate of drug-likeness (QED) is 0.174. The van der Waals surface area contributed by atoms with Crippen molar-refractivity contribution in [1.82, 2.24) is 19.9 Å². The molecule has 0 unspecified atom stereocenters. The molecule has 0 saturated carbocycles. The van der Waals surface area contributed by atoms with Crippen molar-refractivity contribution in [3.63, 3.8) is 0 Å². The topological polar surface area (TPSA) is 51.6 Å². The van der Waals surface area contributed by atoms with E-state index in [0.29, 0.717) is 17.5 Å². The third kappa shape index (κ3) is 6.11. The molecule has 2 aromatic heterocycles. The van der Waals surface area contributed by atoms with Crippen LogP contribution in [0, 0.1) is 13.8 Å². The Bertz CT molecular complexity index is 2360. The largest absolute Gasteiger partial charge is 0.258 e. The lowest BCUT2D eigenvalue weighted by molar-refractivity contribution is 1.07. The van der Waals surface area contributed by atoms with Gasteiger partial charge in [-0.25, -0.2) is 15.0 Å². The minimum absolute atomic E-state index is 0.619. The number of aromatic nitrogens is 4. The molecule has 0 N–H and O–H groups in total. The van der Waals surface area contributed by atoms with Crippen LogP contribution in [0.3, 0.4) is 0 Å². The van der Waals surface area contributed by atoms with Crippen molar-refractivity contribution in [3.8, 4) is 78.7 Å². The summed E-state index contributed by atoms with van der Waals surface area (Å²) in [4.78, 5) is 19.9. The van der Waals surface area contributed by atoms with Crippen molar-refractivity contribution < 1.29 is 0 Å². The Kier molecular flexibility index (Phi) is 8.34. The summed E-state index contributed by atoms with van der Waals surface area (Å²) in [6, 6.07) is 58.9. The molecule has 6 aromatic carbocycles. The number of rotatable bonds is 7. The molecule has 0 aliphatic carbocycles. The molecule has 0 saturated heterocycles. The first-order chi connectivity index (χ1) is 24.6. The molecule has 0 atom stereocenters. The summed E-state index contributed by atoms with van der Waals surface area (Å²) in [6.45, 7) is 4.06. The first-order valence-electron chi connectivity index (χ1n) is 16.8. The average Bonchev–Trinajstić information content (AvgIpc) is 3.18. The normalized spacial score (nSPS) is 11.0. The maximum atomic E-state index is 5.12. The van der Waals surface area contributed by atoms with Crippen molar-refractivity contribution in [2.45, 2.75) is 13.8 Å². The van der Waals surface area contributed by atoms with Gasteiger partial charge in [0.1, 0.15) is 0 Å². The SMILES string of the molecule is Cc1ccc(-c2ccccc2-c2nc(-c3ccccc3)nc(-c3ccc(-c4c(-c5ccccc5)cccc4-c4ccccc4)cc3)n2)c(C)n1. The molecule has 0 fully saturated rings. The Morgan fingerprint density at radius 1 is 0.280 bits per heavy atom. The lowest BCUT2D eigenvalue weighted by Crippen LogP contribution is -2.01. The van der Waals surface area contributed by atoms with Gasteiger partial charge in [-0.1, -0.05) is 164 Å². The monoisotopic (exact) mass is 642 g/mol. The molecular formula is C46H34N4. The zero-order chi connectivity index (χ0) is 33.9. The van der Waals surface area contributed by atoms with Crippen LogP contribution < -0.4 is 0 Å². The zero-order valence-corrected chi connectivity index (χ0v) is 28.0. The number of benzene rings is 6. The Morgan fingerprint density at radius 2 is 0.720 bits per heavy atom. The molecule has 8 rings (SSSR count). The summed E-state index contributed by atoms with van der Waals surface area (Å²) in [6.07, 6.45) is 0. The van der Waals surface area contributed by atoms with E-state index in [1.54, 1.807) is 0 Å². The van der Waals surface area contributed by atoms with Gasteiger partial charge < -0.3 is 0 Å². The number of hydrogen-bond donors (Lipinski definition) is 0. The van der Waals surface area contributed by atoms with Gasteiger partial charge in [-0.15, -0.1) is 0 Å². The highest BCUT2D eigenvalue weighted by atomic mass is 15.0. The minimum atomic E-state index is 0.619. The molecule has 50 heavy (non-hydrogen) atoms. The van der Waals surface area contributed by atoms with Crippen LogP contribution in [0.2, 0.25) is 0 Å². The Labute approximate surface area is 292 Å². The zero-order valence-electron chi connectivity index (χ0n) is 28.0. The van der Waals surface area contributed by atoms with Crippen LogP contribution in [0.15, 0.2) is 170 Å². The second kappa shape index (κ2) is 13.5. The van der Waals surface area contributed by atoms with Gasteiger partial charge in [0.25, 0.3) is 0 Å². The molecule has 0 aliphatic rings. The van der Waals surface area contributed by atoms with Crippen molar-refractivity contribution >= 4 is 0 Å². The lowest BCUT2D eigenvalue weighted by atomic mass is 9.87. The molecule has 4 nitrogen and oxygen atoms in total. The fraction of sp³-hybridized carbons (Fsp3) is 0.0435. The first-order valence-corrected chi connectivity index (χ1v) is 16.8. The molecule has 0 radical (unpaired) electrons. The van der Waals surface area contributed by atoms with E-state index in [0.717, 1.165) is 44.8 Å². The summed E-state index contributed by atoms with van der Waals surface area (Å²) in [5.41, 5.74) is 13.9. The van der Waals surface area contributed by atoms with Crippen LogP contribution in [-0.2, 0) is 0 Å². The van der Waals surface area contributed by atoms with Gasteiger partial charge in [-0.05, 0) is 58.9 Å². The third-order valence-electron chi connectivity index (χ3n) is 9.02. The molecule has 2 heterocycles. The van der Waals surface area contributed by atoms with Crippen molar-refractivity contribution in [3.05, 3.63) is 181 Å². The van der Waals surface area contributed by atoms with Crippen LogP contribution in [0.4, 0.5) is 0 Å². The highest BCUT2D eigenvalue weighted by molar-refractivity contribution is 5.95. The molecule has 0 spiro atoms. The summed E-state index contributed by atoms with van der Waals surface area (Å²) >= 11 is 0. The number of hydrogen-bond acceptors (Lipinski definition) is 4. The molecule has 0 bridgehead atoms. The van der Waals surface area contributed by atoms with Gasteiger partial charge in [-0.2, -0.15) is 0 Å². The summed E-state index contributed by atoms with van der Waals surface area (Å²) in [5.74, 6) is 1.87. The molecule has 0 aliphatic heterocycles. The fourth-order valence-electron chi connectivity index (χ4n) is 6.59. The van der Waals surface area contributed by atoms with Crippen LogP contribution in [-0.4, -0.2) is 19.9 Å². The number of pyridine rings is 1. The highest BCUT2D eigenvalue weighted by Gasteiger charge is 2.18. The maximum absolute atomic E-state index is 5.12. The summed E-state index contributed by atoms with van der Waals surface area (Å²) in [5, 5.41) is 0. The van der Waals surface area contributed by atoms with E-state index in [2.05, 4.69) is 121 Å². The van der Waals surface area contributed by atoms with Gasteiger partial charge in [0.15, 0.2) is 17.5 Å². The van der Waals surface area contributed by atoms with E-state index in [9.17, 15) is 0 Å². The van der Waals surface area contributed by atoms with Gasteiger partial charge in [-0.3, -0.25) is 4.98 Å². The molecular weight excluding hydrogens is 609 g/mol. The second-order valence-electron chi connectivity index (χ2n) is 12.3. The summed E-state index contributed by atoms with van der Waals surface area (Å²) < 4.78 is 0. The van der Waals surface area contributed by atoms with Crippen molar-refractivity contribution in [2.75, 3.05) is 0 Å². The van der Waals surface area contributed by atoms with Gasteiger partial charge in [0.2, 0.25) is 0 Å². The first kappa shape index (κ1) is 30.8. The highest BCUT2D eigenvalue weighted by Crippen LogP contribution is 2.41. The second-order valence-corrected chi connectivity index (χ2v) is 12.3. The van der Waals surface area contributed by atoms with E-state index in [1.807, 2.05) is 62.4 Å². The fourth-order valence-corrected chi connectivity index (χ4v) is 6.59. The Morgan fingerprint density at radius 3 is 1.28 bits per heavy atom. The number of nitrogens with zero attached hydrogens (tertiary/aromatic N) is 4.